The van der Waals surface area contributed by atoms with Crippen molar-refractivity contribution in [2.24, 2.45) is 0 Å². The molecule has 0 aliphatic rings. The third-order valence-corrected chi connectivity index (χ3v) is 3.88. The summed E-state index contributed by atoms with van der Waals surface area (Å²) in [5.41, 5.74) is 2.01. The third-order valence-electron chi connectivity index (χ3n) is 3.30. The van der Waals surface area contributed by atoms with Crippen LogP contribution in [0.25, 0.3) is 0 Å². The lowest BCUT2D eigenvalue weighted by molar-refractivity contribution is 0.0479. The number of hydrogen-bond donors (Lipinski definition) is 1. The second-order valence-corrected chi connectivity index (χ2v) is 5.99. The Bertz CT molecular complexity index is 613. The second-order valence-electron chi connectivity index (χ2n) is 5.15. The van der Waals surface area contributed by atoms with Gasteiger partial charge in [0.1, 0.15) is 11.9 Å². The van der Waals surface area contributed by atoms with Gasteiger partial charge in [0.05, 0.1) is 6.10 Å². The zero-order valence-electron chi connectivity index (χ0n) is 12.0. The van der Waals surface area contributed by atoms with Gasteiger partial charge in [-0.1, -0.05) is 41.4 Å². The number of aliphatic hydroxyl groups is 1. The minimum absolute atomic E-state index is 0.360. The summed E-state index contributed by atoms with van der Waals surface area (Å²) in [6.07, 6.45) is -0.564. The lowest BCUT2D eigenvalue weighted by Gasteiger charge is -2.21. The van der Waals surface area contributed by atoms with Crippen LogP contribution in [0.15, 0.2) is 42.5 Å². The van der Waals surface area contributed by atoms with Crippen LogP contribution in [0.2, 0.25) is 10.0 Å². The quantitative estimate of drug-likeness (QED) is 0.865. The largest absolute Gasteiger partial charge is 0.488 e. The number of benzene rings is 2. The number of aliphatic hydroxyl groups excluding tert-OH is 1. The van der Waals surface area contributed by atoms with Crippen molar-refractivity contribution in [3.05, 3.63) is 63.6 Å². The van der Waals surface area contributed by atoms with E-state index in [9.17, 15) is 5.11 Å². The Morgan fingerprint density at radius 3 is 2.57 bits per heavy atom. The molecule has 21 heavy (non-hydrogen) atoms. The van der Waals surface area contributed by atoms with Crippen LogP contribution in [0.4, 0.5) is 0 Å². The van der Waals surface area contributed by atoms with E-state index in [0.717, 1.165) is 11.1 Å². The fourth-order valence-electron chi connectivity index (χ4n) is 2.04. The minimum Gasteiger partial charge on any atom is -0.488 e. The van der Waals surface area contributed by atoms with Gasteiger partial charge in [-0.25, -0.2) is 0 Å². The average molecular weight is 325 g/mol. The Balaban J connectivity index is 2.00. The number of rotatable bonds is 5. The first-order valence-electron chi connectivity index (χ1n) is 6.81. The summed E-state index contributed by atoms with van der Waals surface area (Å²) >= 11 is 12.1. The summed E-state index contributed by atoms with van der Waals surface area (Å²) in [4.78, 5) is 0. The van der Waals surface area contributed by atoms with E-state index in [2.05, 4.69) is 0 Å². The maximum atomic E-state index is 10.3. The Morgan fingerprint density at radius 2 is 1.90 bits per heavy atom. The van der Waals surface area contributed by atoms with Crippen LogP contribution in [0.3, 0.4) is 0 Å². The van der Waals surface area contributed by atoms with Gasteiger partial charge in [-0.15, -0.1) is 0 Å². The van der Waals surface area contributed by atoms with Crippen molar-refractivity contribution in [3.8, 4) is 5.75 Å². The SMILES string of the molecule is Cc1ccc(CC(O)C(C)Oc2cccc(Cl)c2)c(Cl)c1. The molecule has 0 bridgehead atoms. The van der Waals surface area contributed by atoms with Crippen molar-refractivity contribution in [2.75, 3.05) is 0 Å². The number of ether oxygens (including phenoxy) is 1. The zero-order valence-corrected chi connectivity index (χ0v) is 13.5. The third kappa shape index (κ3) is 4.63. The average Bonchev–Trinajstić information content (AvgIpc) is 2.41. The summed E-state index contributed by atoms with van der Waals surface area (Å²) in [6, 6.07) is 12.9. The van der Waals surface area contributed by atoms with E-state index >= 15 is 0 Å². The minimum atomic E-state index is -0.649. The fourth-order valence-corrected chi connectivity index (χ4v) is 2.54. The highest BCUT2D eigenvalue weighted by Gasteiger charge is 2.18. The zero-order chi connectivity index (χ0) is 15.4. The molecule has 0 aliphatic heterocycles. The number of hydrogen-bond acceptors (Lipinski definition) is 2. The molecule has 0 fully saturated rings. The summed E-state index contributed by atoms with van der Waals surface area (Å²) in [5, 5.41) is 11.6. The molecule has 0 spiro atoms. The van der Waals surface area contributed by atoms with Crippen LogP contribution < -0.4 is 4.74 Å². The maximum absolute atomic E-state index is 10.3. The molecule has 0 saturated heterocycles. The van der Waals surface area contributed by atoms with E-state index in [0.29, 0.717) is 22.2 Å². The maximum Gasteiger partial charge on any atom is 0.122 e. The normalized spacial score (nSPS) is 13.8. The number of halogens is 2. The molecule has 2 aromatic carbocycles. The van der Waals surface area contributed by atoms with Crippen LogP contribution in [0, 0.1) is 6.92 Å². The van der Waals surface area contributed by atoms with Gasteiger partial charge in [-0.3, -0.25) is 0 Å². The highest BCUT2D eigenvalue weighted by atomic mass is 35.5. The van der Waals surface area contributed by atoms with Gasteiger partial charge in [0.2, 0.25) is 0 Å². The van der Waals surface area contributed by atoms with Crippen LogP contribution in [0.5, 0.6) is 5.75 Å². The van der Waals surface area contributed by atoms with Crippen molar-refractivity contribution in [2.45, 2.75) is 32.5 Å². The fraction of sp³-hybridized carbons (Fsp3) is 0.294. The first kappa shape index (κ1) is 16.2. The van der Waals surface area contributed by atoms with Crippen molar-refractivity contribution in [1.82, 2.24) is 0 Å². The van der Waals surface area contributed by atoms with Crippen molar-refractivity contribution >= 4 is 23.2 Å². The molecule has 1 N–H and O–H groups in total. The monoisotopic (exact) mass is 324 g/mol. The van der Waals surface area contributed by atoms with Gasteiger partial charge in [0, 0.05) is 16.5 Å². The summed E-state index contributed by atoms with van der Waals surface area (Å²) < 4.78 is 5.72. The Kier molecular flexibility index (Phi) is 5.51. The van der Waals surface area contributed by atoms with E-state index in [1.807, 2.05) is 44.2 Å². The molecule has 2 rings (SSSR count). The van der Waals surface area contributed by atoms with E-state index in [1.54, 1.807) is 12.1 Å². The van der Waals surface area contributed by atoms with Crippen LogP contribution >= 0.6 is 23.2 Å². The predicted molar refractivity (Wildman–Crippen MR) is 87.4 cm³/mol. The molecule has 0 radical (unpaired) electrons. The molecule has 112 valence electrons. The summed E-state index contributed by atoms with van der Waals surface area (Å²) in [7, 11) is 0. The molecular formula is C17H18Cl2O2. The van der Waals surface area contributed by atoms with Gasteiger partial charge >= 0.3 is 0 Å². The molecule has 4 heteroatoms. The Morgan fingerprint density at radius 1 is 1.14 bits per heavy atom. The van der Waals surface area contributed by atoms with E-state index in [4.69, 9.17) is 27.9 Å². The van der Waals surface area contributed by atoms with Crippen molar-refractivity contribution in [3.63, 3.8) is 0 Å². The topological polar surface area (TPSA) is 29.5 Å². The second kappa shape index (κ2) is 7.17. The van der Waals surface area contributed by atoms with Crippen molar-refractivity contribution in [1.29, 1.82) is 0 Å². The molecule has 0 saturated carbocycles. The molecule has 0 heterocycles. The van der Waals surface area contributed by atoms with E-state index < -0.39 is 6.10 Å². The smallest absolute Gasteiger partial charge is 0.122 e. The van der Waals surface area contributed by atoms with Crippen LogP contribution in [-0.4, -0.2) is 17.3 Å². The molecule has 0 aliphatic carbocycles. The molecule has 2 unspecified atom stereocenters. The van der Waals surface area contributed by atoms with Gasteiger partial charge in [-0.2, -0.15) is 0 Å². The summed E-state index contributed by atoms with van der Waals surface area (Å²) in [6.45, 7) is 3.81. The predicted octanol–water partition coefficient (Wildman–Crippen LogP) is 4.67. The van der Waals surface area contributed by atoms with Gasteiger partial charge < -0.3 is 9.84 Å². The van der Waals surface area contributed by atoms with Gasteiger partial charge in [0.15, 0.2) is 0 Å². The van der Waals surface area contributed by atoms with E-state index in [-0.39, 0.29) is 6.10 Å². The van der Waals surface area contributed by atoms with Crippen LogP contribution in [0.1, 0.15) is 18.1 Å². The highest BCUT2D eigenvalue weighted by Crippen LogP contribution is 2.22. The first-order valence-corrected chi connectivity index (χ1v) is 7.56. The first-order chi connectivity index (χ1) is 9.95. The highest BCUT2D eigenvalue weighted by molar-refractivity contribution is 6.31. The molecular weight excluding hydrogens is 307 g/mol. The Labute approximate surface area is 135 Å². The lowest BCUT2D eigenvalue weighted by Crippen LogP contribution is -2.30. The summed E-state index contributed by atoms with van der Waals surface area (Å²) in [5.74, 6) is 0.643. The molecule has 2 nitrogen and oxygen atoms in total. The molecule has 2 aromatic rings. The van der Waals surface area contributed by atoms with Crippen molar-refractivity contribution < 1.29 is 9.84 Å². The molecule has 0 aromatic heterocycles. The van der Waals surface area contributed by atoms with Crippen LogP contribution in [-0.2, 0) is 6.42 Å². The number of aryl methyl sites for hydroxylation is 1. The van der Waals surface area contributed by atoms with Gasteiger partial charge in [0.25, 0.3) is 0 Å². The van der Waals surface area contributed by atoms with E-state index in [1.165, 1.54) is 0 Å². The lowest BCUT2D eigenvalue weighted by atomic mass is 10.0. The van der Waals surface area contributed by atoms with Gasteiger partial charge in [-0.05, 0) is 49.2 Å². The molecule has 2 atom stereocenters. The standard InChI is InChI=1S/C17H18Cl2O2/c1-11-6-7-13(16(19)8-11)9-17(20)12(2)21-15-5-3-4-14(18)10-15/h3-8,10,12,17,20H,9H2,1-2H3. The Hall–Kier alpha value is -1.22. The molecule has 0 amide bonds.